The molecule has 1 unspecified atom stereocenters. The number of nitrogens with zero attached hydrogens (tertiary/aromatic N) is 1. The number of rotatable bonds is 0. The van der Waals surface area contributed by atoms with Crippen molar-refractivity contribution in [3.63, 3.8) is 0 Å². The van der Waals surface area contributed by atoms with E-state index in [2.05, 4.69) is 27.8 Å². The molecule has 0 bridgehead atoms. The summed E-state index contributed by atoms with van der Waals surface area (Å²) in [6, 6.07) is 5.53. The summed E-state index contributed by atoms with van der Waals surface area (Å²) >= 11 is 3.37. The number of nitrogen functional groups attached to an aromatic ring is 1. The average Bonchev–Trinajstić information content (AvgIpc) is 2.79. The zero-order valence-corrected chi connectivity index (χ0v) is 11.3. The largest absolute Gasteiger partial charge is 0.465 e. The van der Waals surface area contributed by atoms with Crippen molar-refractivity contribution < 1.29 is 9.90 Å². The second kappa shape index (κ2) is 5.32. The molecule has 5 heteroatoms. The van der Waals surface area contributed by atoms with Gasteiger partial charge in [-0.1, -0.05) is 27.8 Å². The monoisotopic (exact) mass is 308 g/mol. The highest BCUT2D eigenvalue weighted by atomic mass is 79.9. The van der Waals surface area contributed by atoms with Gasteiger partial charge in [-0.15, -0.1) is 0 Å². The van der Waals surface area contributed by atoms with Crippen LogP contribution in [-0.2, 0) is 0 Å². The number of halogens is 1. The van der Waals surface area contributed by atoms with Crippen molar-refractivity contribution in [3.8, 4) is 11.8 Å². The molecule has 1 aromatic carbocycles. The second-order valence-corrected chi connectivity index (χ2v) is 5.13. The fourth-order valence-electron chi connectivity index (χ4n) is 1.87. The number of benzene rings is 1. The Balaban J connectivity index is 2.09. The number of hydrogen-bond acceptors (Lipinski definition) is 2. The third-order valence-corrected chi connectivity index (χ3v) is 3.38. The highest BCUT2D eigenvalue weighted by Crippen LogP contribution is 2.19. The highest BCUT2D eigenvalue weighted by molar-refractivity contribution is 9.10. The van der Waals surface area contributed by atoms with Crippen LogP contribution in [0, 0.1) is 17.8 Å². The minimum Gasteiger partial charge on any atom is -0.465 e. The van der Waals surface area contributed by atoms with Gasteiger partial charge in [-0.05, 0) is 24.6 Å². The van der Waals surface area contributed by atoms with Crippen molar-refractivity contribution >= 4 is 27.7 Å². The zero-order valence-electron chi connectivity index (χ0n) is 9.69. The first-order valence-corrected chi connectivity index (χ1v) is 6.40. The summed E-state index contributed by atoms with van der Waals surface area (Å²) < 4.78 is 0.930. The van der Waals surface area contributed by atoms with Crippen LogP contribution in [0.15, 0.2) is 22.7 Å². The number of likely N-dealkylation sites (tertiary alicyclic amines) is 1. The molecule has 18 heavy (non-hydrogen) atoms. The van der Waals surface area contributed by atoms with Crippen LogP contribution in [0.3, 0.4) is 0 Å². The SMILES string of the molecule is Nc1ccc(Br)cc1C#CC1CCN(C(=O)O)C1. The first kappa shape index (κ1) is 12.8. The smallest absolute Gasteiger partial charge is 0.407 e. The first-order chi connectivity index (χ1) is 8.56. The third-order valence-electron chi connectivity index (χ3n) is 2.89. The number of nitrogens with two attached hydrogens (primary N) is 1. The normalized spacial score (nSPS) is 18.3. The molecule has 3 N–H and O–H groups in total. The minimum absolute atomic E-state index is 0.0967. The first-order valence-electron chi connectivity index (χ1n) is 5.60. The molecule has 0 aromatic heterocycles. The Morgan fingerprint density at radius 2 is 2.33 bits per heavy atom. The predicted molar refractivity (Wildman–Crippen MR) is 73.1 cm³/mol. The molecule has 1 amide bonds. The molecule has 0 radical (unpaired) electrons. The summed E-state index contributed by atoms with van der Waals surface area (Å²) in [5, 5.41) is 8.85. The Bertz CT molecular complexity index is 534. The molecule has 1 saturated heterocycles. The fourth-order valence-corrected chi connectivity index (χ4v) is 2.23. The second-order valence-electron chi connectivity index (χ2n) is 4.22. The molecule has 0 saturated carbocycles. The van der Waals surface area contributed by atoms with Gasteiger partial charge in [0, 0.05) is 34.7 Å². The molecule has 1 aliphatic rings. The van der Waals surface area contributed by atoms with E-state index in [0.717, 1.165) is 16.5 Å². The van der Waals surface area contributed by atoms with Crippen molar-refractivity contribution in [1.29, 1.82) is 0 Å². The van der Waals surface area contributed by atoms with E-state index >= 15 is 0 Å². The van der Waals surface area contributed by atoms with E-state index in [4.69, 9.17) is 10.8 Å². The highest BCUT2D eigenvalue weighted by Gasteiger charge is 2.24. The molecular formula is C13H13BrN2O2. The Morgan fingerprint density at radius 3 is 3.00 bits per heavy atom. The lowest BCUT2D eigenvalue weighted by atomic mass is 10.1. The molecule has 1 aromatic rings. The summed E-state index contributed by atoms with van der Waals surface area (Å²) in [5.74, 6) is 6.22. The third kappa shape index (κ3) is 2.96. The minimum atomic E-state index is -0.874. The molecule has 1 aliphatic heterocycles. The lowest BCUT2D eigenvalue weighted by Crippen LogP contribution is -2.26. The Hall–Kier alpha value is -1.67. The van der Waals surface area contributed by atoms with Crippen molar-refractivity contribution in [3.05, 3.63) is 28.2 Å². The molecule has 4 nitrogen and oxygen atoms in total. The molecule has 0 aliphatic carbocycles. The van der Waals surface area contributed by atoms with E-state index in [1.165, 1.54) is 4.90 Å². The lowest BCUT2D eigenvalue weighted by Gasteiger charge is -2.08. The van der Waals surface area contributed by atoms with E-state index in [1.807, 2.05) is 12.1 Å². The van der Waals surface area contributed by atoms with E-state index < -0.39 is 6.09 Å². The van der Waals surface area contributed by atoms with Crippen molar-refractivity contribution in [2.75, 3.05) is 18.8 Å². The van der Waals surface area contributed by atoms with Gasteiger partial charge in [0.2, 0.25) is 0 Å². The van der Waals surface area contributed by atoms with Gasteiger partial charge in [-0.25, -0.2) is 4.79 Å². The number of hydrogen-bond donors (Lipinski definition) is 2. The van der Waals surface area contributed by atoms with Gasteiger partial charge in [0.05, 0.1) is 0 Å². The van der Waals surface area contributed by atoms with Gasteiger partial charge in [-0.2, -0.15) is 0 Å². The summed E-state index contributed by atoms with van der Waals surface area (Å²) in [6.07, 6.45) is -0.0889. The van der Waals surface area contributed by atoms with Gasteiger partial charge in [0.1, 0.15) is 0 Å². The van der Waals surface area contributed by atoms with Crippen molar-refractivity contribution in [2.24, 2.45) is 5.92 Å². The van der Waals surface area contributed by atoms with Crippen LogP contribution in [0.4, 0.5) is 10.5 Å². The maximum atomic E-state index is 10.8. The van der Waals surface area contributed by atoms with Crippen LogP contribution in [0.25, 0.3) is 0 Å². The van der Waals surface area contributed by atoms with Gasteiger partial charge in [0.25, 0.3) is 0 Å². The van der Waals surface area contributed by atoms with Crippen molar-refractivity contribution in [2.45, 2.75) is 6.42 Å². The van der Waals surface area contributed by atoms with Gasteiger partial charge < -0.3 is 15.7 Å². The summed E-state index contributed by atoms with van der Waals surface area (Å²) in [5.41, 5.74) is 7.24. The van der Waals surface area contributed by atoms with Gasteiger partial charge in [-0.3, -0.25) is 0 Å². The zero-order chi connectivity index (χ0) is 13.1. The Kier molecular flexibility index (Phi) is 3.78. The molecule has 0 spiro atoms. The maximum Gasteiger partial charge on any atom is 0.407 e. The maximum absolute atomic E-state index is 10.8. The van der Waals surface area contributed by atoms with E-state index in [1.54, 1.807) is 6.07 Å². The molecule has 2 rings (SSSR count). The number of carboxylic acid groups (broad SMARTS) is 1. The van der Waals surface area contributed by atoms with E-state index in [0.29, 0.717) is 18.8 Å². The standard InChI is InChI=1S/C13H13BrN2O2/c14-11-3-4-12(15)10(7-11)2-1-9-5-6-16(8-9)13(17)18/h3-4,7,9H,5-6,8,15H2,(H,17,18). The molecular weight excluding hydrogens is 296 g/mol. The predicted octanol–water partition coefficient (Wildman–Crippen LogP) is 2.38. The number of carbonyl (C=O) groups is 1. The number of anilines is 1. The van der Waals surface area contributed by atoms with E-state index in [-0.39, 0.29) is 5.92 Å². The summed E-state index contributed by atoms with van der Waals surface area (Å²) in [4.78, 5) is 12.2. The van der Waals surface area contributed by atoms with Crippen LogP contribution in [-0.4, -0.2) is 29.2 Å². The molecule has 94 valence electrons. The Morgan fingerprint density at radius 1 is 1.56 bits per heavy atom. The number of amides is 1. The summed E-state index contributed by atoms with van der Waals surface area (Å²) in [6.45, 7) is 1.04. The molecule has 1 fully saturated rings. The van der Waals surface area contributed by atoms with Crippen LogP contribution in [0.5, 0.6) is 0 Å². The van der Waals surface area contributed by atoms with Gasteiger partial charge in [0.15, 0.2) is 0 Å². The summed E-state index contributed by atoms with van der Waals surface area (Å²) in [7, 11) is 0. The van der Waals surface area contributed by atoms with Crippen LogP contribution >= 0.6 is 15.9 Å². The van der Waals surface area contributed by atoms with Crippen LogP contribution < -0.4 is 5.73 Å². The Labute approximate surface area is 114 Å². The topological polar surface area (TPSA) is 66.6 Å². The van der Waals surface area contributed by atoms with E-state index in [9.17, 15) is 4.79 Å². The fraction of sp³-hybridized carbons (Fsp3) is 0.308. The van der Waals surface area contributed by atoms with Crippen molar-refractivity contribution in [1.82, 2.24) is 4.90 Å². The molecule has 1 atom stereocenters. The molecule has 1 heterocycles. The van der Waals surface area contributed by atoms with Gasteiger partial charge >= 0.3 is 6.09 Å². The van der Waals surface area contributed by atoms with Crippen LogP contribution in [0.1, 0.15) is 12.0 Å². The van der Waals surface area contributed by atoms with Crippen LogP contribution in [0.2, 0.25) is 0 Å². The quantitative estimate of drug-likeness (QED) is 0.571. The average molecular weight is 309 g/mol. The lowest BCUT2D eigenvalue weighted by molar-refractivity contribution is 0.155.